The van der Waals surface area contributed by atoms with Gasteiger partial charge in [0, 0.05) is 29.9 Å². The second kappa shape index (κ2) is 9.50. The summed E-state index contributed by atoms with van der Waals surface area (Å²) in [5.74, 6) is 2.67. The topological polar surface area (TPSA) is 47.9 Å². The molecular weight excluding hydrogens is 426 g/mol. The molecule has 4 aromatic rings. The number of ether oxygens (including phenoxy) is 1. The third kappa shape index (κ3) is 5.24. The van der Waals surface area contributed by atoms with Gasteiger partial charge in [-0.2, -0.15) is 4.98 Å². The first-order valence-corrected chi connectivity index (χ1v) is 11.3. The predicted octanol–water partition coefficient (Wildman–Crippen LogP) is 7.20. The molecule has 0 spiro atoms. The Morgan fingerprint density at radius 2 is 1.68 bits per heavy atom. The van der Waals surface area contributed by atoms with E-state index in [1.165, 1.54) is 11.1 Å². The van der Waals surface area contributed by atoms with E-state index in [-0.39, 0.29) is 0 Å². The molecule has 0 amide bonds. The van der Waals surface area contributed by atoms with E-state index in [1.54, 1.807) is 30.2 Å². The zero-order valence-electron chi connectivity index (χ0n) is 17.6. The fourth-order valence-corrected chi connectivity index (χ4v) is 4.39. The lowest BCUT2D eigenvalue weighted by atomic mass is 10.1. The van der Waals surface area contributed by atoms with Crippen LogP contribution in [0.1, 0.15) is 22.3 Å². The van der Waals surface area contributed by atoms with Crippen molar-refractivity contribution in [2.45, 2.75) is 31.4 Å². The summed E-state index contributed by atoms with van der Waals surface area (Å²) in [6, 6.07) is 16.3. The monoisotopic (exact) mass is 447 g/mol. The summed E-state index contributed by atoms with van der Waals surface area (Å²) in [7, 11) is 0. The average Bonchev–Trinajstić information content (AvgIpc) is 2.76. The largest absolute Gasteiger partial charge is 0.437 e. The Morgan fingerprint density at radius 1 is 0.935 bits per heavy atom. The fourth-order valence-electron chi connectivity index (χ4n) is 3.36. The van der Waals surface area contributed by atoms with E-state index in [0.717, 1.165) is 33.1 Å². The van der Waals surface area contributed by atoms with Crippen LogP contribution in [0.25, 0.3) is 11.4 Å². The molecule has 0 radical (unpaired) electrons. The zero-order chi connectivity index (χ0) is 21.8. The van der Waals surface area contributed by atoms with Crippen molar-refractivity contribution in [3.05, 3.63) is 94.4 Å². The van der Waals surface area contributed by atoms with Crippen molar-refractivity contribution < 1.29 is 4.74 Å². The van der Waals surface area contributed by atoms with E-state index in [1.807, 2.05) is 24.4 Å². The highest BCUT2D eigenvalue weighted by Crippen LogP contribution is 2.36. The van der Waals surface area contributed by atoms with Crippen molar-refractivity contribution in [1.29, 1.82) is 0 Å². The van der Waals surface area contributed by atoms with Crippen LogP contribution in [0.15, 0.2) is 72.0 Å². The summed E-state index contributed by atoms with van der Waals surface area (Å²) in [6.07, 6.45) is 5.10. The van der Waals surface area contributed by atoms with E-state index in [0.29, 0.717) is 16.7 Å². The number of thioether (sulfide) groups is 1. The van der Waals surface area contributed by atoms with Gasteiger partial charge < -0.3 is 4.74 Å². The standard InChI is InChI=1S/C25H22ClN3OS/c1-16-9-17(2)23(18(3)10-16)30-25-22(31-15-19-7-5-4-6-8-19)14-28-24(29-25)20-11-21(26)13-27-12-20/h4-14H,15H2,1-3H3. The van der Waals surface area contributed by atoms with Gasteiger partial charge in [0.1, 0.15) is 5.75 Å². The zero-order valence-corrected chi connectivity index (χ0v) is 19.2. The van der Waals surface area contributed by atoms with E-state index in [4.69, 9.17) is 21.3 Å². The first-order chi connectivity index (χ1) is 15.0. The third-order valence-electron chi connectivity index (χ3n) is 4.73. The van der Waals surface area contributed by atoms with E-state index < -0.39 is 0 Å². The second-order valence-corrected chi connectivity index (χ2v) is 8.81. The van der Waals surface area contributed by atoms with E-state index in [2.05, 4.69) is 55.0 Å². The Balaban J connectivity index is 1.72. The predicted molar refractivity (Wildman–Crippen MR) is 127 cm³/mol. The summed E-state index contributed by atoms with van der Waals surface area (Å²) >= 11 is 7.77. The van der Waals surface area contributed by atoms with Crippen LogP contribution < -0.4 is 4.74 Å². The molecule has 0 aliphatic carbocycles. The Morgan fingerprint density at radius 3 is 2.39 bits per heavy atom. The Bertz CT molecular complexity index is 1190. The molecule has 2 aromatic heterocycles. The molecule has 6 heteroatoms. The van der Waals surface area contributed by atoms with Crippen molar-refractivity contribution in [1.82, 2.24) is 15.0 Å². The molecule has 31 heavy (non-hydrogen) atoms. The summed E-state index contributed by atoms with van der Waals surface area (Å²) in [4.78, 5) is 14.3. The molecule has 0 fully saturated rings. The van der Waals surface area contributed by atoms with Crippen LogP contribution >= 0.6 is 23.4 Å². The molecule has 0 aliphatic rings. The van der Waals surface area contributed by atoms with Crippen LogP contribution in [-0.2, 0) is 5.75 Å². The summed E-state index contributed by atoms with van der Waals surface area (Å²) in [5, 5.41) is 0.538. The van der Waals surface area contributed by atoms with Gasteiger partial charge in [-0.1, -0.05) is 59.6 Å². The molecule has 0 N–H and O–H groups in total. The van der Waals surface area contributed by atoms with Crippen LogP contribution in [0.2, 0.25) is 5.02 Å². The molecule has 0 unspecified atom stereocenters. The lowest BCUT2D eigenvalue weighted by Gasteiger charge is -2.15. The Kier molecular flexibility index (Phi) is 6.54. The maximum Gasteiger partial charge on any atom is 0.236 e. The summed E-state index contributed by atoms with van der Waals surface area (Å²) in [6.45, 7) is 6.18. The molecule has 2 heterocycles. The van der Waals surface area contributed by atoms with Gasteiger partial charge in [-0.15, -0.1) is 11.8 Å². The summed E-state index contributed by atoms with van der Waals surface area (Å²) < 4.78 is 6.38. The molecule has 4 nitrogen and oxygen atoms in total. The smallest absolute Gasteiger partial charge is 0.236 e. The van der Waals surface area contributed by atoms with Crippen molar-refractivity contribution in [3.63, 3.8) is 0 Å². The highest BCUT2D eigenvalue weighted by Gasteiger charge is 2.15. The van der Waals surface area contributed by atoms with Gasteiger partial charge in [0.05, 0.1) is 9.92 Å². The normalized spacial score (nSPS) is 10.8. The van der Waals surface area contributed by atoms with Crippen molar-refractivity contribution in [2.75, 3.05) is 0 Å². The van der Waals surface area contributed by atoms with Gasteiger partial charge in [-0.3, -0.25) is 4.98 Å². The average molecular weight is 448 g/mol. The van der Waals surface area contributed by atoms with Gasteiger partial charge in [0.2, 0.25) is 5.88 Å². The van der Waals surface area contributed by atoms with Crippen molar-refractivity contribution in [2.24, 2.45) is 0 Å². The van der Waals surface area contributed by atoms with Crippen LogP contribution in [-0.4, -0.2) is 15.0 Å². The second-order valence-electron chi connectivity index (χ2n) is 7.36. The molecule has 4 rings (SSSR count). The molecule has 2 aromatic carbocycles. The van der Waals surface area contributed by atoms with Gasteiger partial charge in [-0.25, -0.2) is 4.98 Å². The molecule has 156 valence electrons. The van der Waals surface area contributed by atoms with E-state index >= 15 is 0 Å². The summed E-state index contributed by atoms with van der Waals surface area (Å²) in [5.41, 5.74) is 5.31. The van der Waals surface area contributed by atoms with Gasteiger partial charge >= 0.3 is 0 Å². The highest BCUT2D eigenvalue weighted by molar-refractivity contribution is 7.98. The SMILES string of the molecule is Cc1cc(C)c(Oc2nc(-c3cncc(Cl)c3)ncc2SCc2ccccc2)c(C)c1. The number of rotatable bonds is 6. The number of benzene rings is 2. The molecule has 0 aliphatic heterocycles. The number of aryl methyl sites for hydroxylation is 3. The molecule has 0 saturated heterocycles. The minimum Gasteiger partial charge on any atom is -0.437 e. The Labute approximate surface area is 191 Å². The lowest BCUT2D eigenvalue weighted by Crippen LogP contribution is -1.99. The molecular formula is C25H22ClN3OS. The number of nitrogens with zero attached hydrogens (tertiary/aromatic N) is 3. The van der Waals surface area contributed by atoms with Crippen LogP contribution in [0.3, 0.4) is 0 Å². The van der Waals surface area contributed by atoms with Gasteiger partial charge in [-0.05, 0) is 43.5 Å². The maximum atomic E-state index is 6.38. The Hall–Kier alpha value is -2.89. The number of halogens is 1. The molecule has 0 bridgehead atoms. The minimum atomic E-state index is 0.525. The maximum absolute atomic E-state index is 6.38. The first-order valence-electron chi connectivity index (χ1n) is 9.90. The van der Waals surface area contributed by atoms with Crippen LogP contribution in [0, 0.1) is 20.8 Å². The number of hydrogen-bond donors (Lipinski definition) is 0. The number of hydrogen-bond acceptors (Lipinski definition) is 5. The number of aromatic nitrogens is 3. The quantitative estimate of drug-likeness (QED) is 0.292. The van der Waals surface area contributed by atoms with E-state index in [9.17, 15) is 0 Å². The molecule has 0 atom stereocenters. The number of pyridine rings is 1. The van der Waals surface area contributed by atoms with Gasteiger partial charge in [0.25, 0.3) is 0 Å². The van der Waals surface area contributed by atoms with Crippen molar-refractivity contribution in [3.8, 4) is 23.0 Å². The van der Waals surface area contributed by atoms with Crippen LogP contribution in [0.4, 0.5) is 0 Å². The fraction of sp³-hybridized carbons (Fsp3) is 0.160. The first kappa shape index (κ1) is 21.3. The van der Waals surface area contributed by atoms with Crippen LogP contribution in [0.5, 0.6) is 11.6 Å². The minimum absolute atomic E-state index is 0.525. The molecule has 0 saturated carbocycles. The van der Waals surface area contributed by atoms with Crippen molar-refractivity contribution >= 4 is 23.4 Å². The third-order valence-corrected chi connectivity index (χ3v) is 6.00. The van der Waals surface area contributed by atoms with Gasteiger partial charge in [0.15, 0.2) is 5.82 Å². The lowest BCUT2D eigenvalue weighted by molar-refractivity contribution is 0.442. The highest BCUT2D eigenvalue weighted by atomic mass is 35.5.